The second-order valence-electron chi connectivity index (χ2n) is 1.63. The van der Waals surface area contributed by atoms with Crippen LogP contribution < -0.4 is 5.32 Å². The smallest absolute Gasteiger partial charge is 0.356 e. The first-order valence-electron chi connectivity index (χ1n) is 2.61. The molecular weight excluding hydrogens is 138 g/mol. The predicted octanol–water partition coefficient (Wildman–Crippen LogP) is -1.39. The van der Waals surface area contributed by atoms with E-state index in [2.05, 4.69) is 4.74 Å². The Morgan fingerprint density at radius 3 is 2.40 bits per heavy atom. The maximum Gasteiger partial charge on any atom is 0.356 e. The molecule has 0 aromatic rings. The minimum absolute atomic E-state index is 0.488. The minimum Gasteiger partial charge on any atom is -0.466 e. The molecule has 0 fully saturated rings. The Bertz CT molecular complexity index is 145. The van der Waals surface area contributed by atoms with Crippen LogP contribution in [0.4, 0.5) is 0 Å². The predicted molar refractivity (Wildman–Crippen MR) is 31.8 cm³/mol. The third kappa shape index (κ3) is 3.03. The highest BCUT2D eigenvalue weighted by Crippen LogP contribution is 1.80. The van der Waals surface area contributed by atoms with Crippen molar-refractivity contribution >= 4 is 11.9 Å². The van der Waals surface area contributed by atoms with Gasteiger partial charge in [-0.2, -0.15) is 0 Å². The number of rotatable bonds is 2. The lowest BCUT2D eigenvalue weighted by molar-refractivity contribution is -0.154. The van der Waals surface area contributed by atoms with Crippen molar-refractivity contribution in [2.24, 2.45) is 0 Å². The average molecular weight is 147 g/mol. The van der Waals surface area contributed by atoms with Crippen LogP contribution in [-0.2, 0) is 14.3 Å². The van der Waals surface area contributed by atoms with E-state index in [4.69, 9.17) is 5.11 Å². The van der Waals surface area contributed by atoms with E-state index in [1.54, 1.807) is 0 Å². The first-order chi connectivity index (χ1) is 4.57. The van der Waals surface area contributed by atoms with Crippen molar-refractivity contribution in [3.63, 3.8) is 0 Å². The van der Waals surface area contributed by atoms with E-state index >= 15 is 0 Å². The van der Waals surface area contributed by atoms with Gasteiger partial charge in [-0.05, 0) is 0 Å². The summed E-state index contributed by atoms with van der Waals surface area (Å²) in [6.07, 6.45) is -1.55. The number of esters is 1. The monoisotopic (exact) mass is 147 g/mol. The SMILES string of the molecule is COC(=O)C(O)NC(C)=O. The maximum atomic E-state index is 10.4. The van der Waals surface area contributed by atoms with Crippen LogP contribution in [0.2, 0.25) is 0 Å². The molecule has 0 aliphatic rings. The fraction of sp³-hybridized carbons (Fsp3) is 0.600. The molecule has 0 aliphatic carbocycles. The zero-order chi connectivity index (χ0) is 8.15. The molecule has 1 unspecified atom stereocenters. The number of ether oxygens (including phenoxy) is 1. The number of aliphatic hydroxyl groups is 1. The van der Waals surface area contributed by atoms with Gasteiger partial charge in [0.05, 0.1) is 7.11 Å². The van der Waals surface area contributed by atoms with Gasteiger partial charge in [0, 0.05) is 6.92 Å². The summed E-state index contributed by atoms with van der Waals surface area (Å²) in [7, 11) is 1.12. The third-order valence-corrected chi connectivity index (χ3v) is 0.764. The number of methoxy groups -OCH3 is 1. The summed E-state index contributed by atoms with van der Waals surface area (Å²) in [4.78, 5) is 20.6. The number of nitrogens with one attached hydrogen (secondary N) is 1. The van der Waals surface area contributed by atoms with E-state index in [0.717, 1.165) is 7.11 Å². The summed E-state index contributed by atoms with van der Waals surface area (Å²) in [5.74, 6) is -1.37. The Morgan fingerprint density at radius 1 is 1.60 bits per heavy atom. The first-order valence-corrected chi connectivity index (χ1v) is 2.61. The number of carbonyl (C=O) groups excluding carboxylic acids is 2. The fourth-order valence-electron chi connectivity index (χ4n) is 0.363. The van der Waals surface area contributed by atoms with Gasteiger partial charge >= 0.3 is 5.97 Å². The van der Waals surface area contributed by atoms with Crippen molar-refractivity contribution in [3.05, 3.63) is 0 Å². The van der Waals surface area contributed by atoms with Crippen LogP contribution in [-0.4, -0.2) is 30.3 Å². The van der Waals surface area contributed by atoms with Gasteiger partial charge in [0.25, 0.3) is 0 Å². The molecule has 0 radical (unpaired) electrons. The van der Waals surface area contributed by atoms with Crippen LogP contribution in [0.3, 0.4) is 0 Å². The van der Waals surface area contributed by atoms with E-state index in [0.29, 0.717) is 0 Å². The van der Waals surface area contributed by atoms with Crippen LogP contribution >= 0.6 is 0 Å². The summed E-state index contributed by atoms with van der Waals surface area (Å²) >= 11 is 0. The van der Waals surface area contributed by atoms with Gasteiger partial charge in [-0.1, -0.05) is 0 Å². The van der Waals surface area contributed by atoms with E-state index in [1.807, 2.05) is 5.32 Å². The quantitative estimate of drug-likeness (QED) is 0.372. The van der Waals surface area contributed by atoms with Crippen LogP contribution in [0.25, 0.3) is 0 Å². The molecule has 58 valence electrons. The van der Waals surface area contributed by atoms with Crippen molar-refractivity contribution < 1.29 is 19.4 Å². The molecule has 0 rings (SSSR count). The average Bonchev–Trinajstić information content (AvgIpc) is 1.85. The molecule has 0 aromatic carbocycles. The van der Waals surface area contributed by atoms with Crippen LogP contribution in [0.15, 0.2) is 0 Å². The Morgan fingerprint density at radius 2 is 2.10 bits per heavy atom. The summed E-state index contributed by atoms with van der Waals surface area (Å²) < 4.78 is 4.11. The Labute approximate surface area is 58.0 Å². The molecular formula is C5H9NO4. The lowest BCUT2D eigenvalue weighted by atomic mass is 10.5. The van der Waals surface area contributed by atoms with E-state index < -0.39 is 18.1 Å². The molecule has 5 heteroatoms. The summed E-state index contributed by atoms with van der Waals surface area (Å²) in [6, 6.07) is 0. The van der Waals surface area contributed by atoms with Crippen molar-refractivity contribution in [2.45, 2.75) is 13.2 Å². The molecule has 0 saturated heterocycles. The normalized spacial score (nSPS) is 11.9. The molecule has 0 aliphatic heterocycles. The molecule has 1 atom stereocenters. The molecule has 0 heterocycles. The molecule has 2 N–H and O–H groups in total. The van der Waals surface area contributed by atoms with Crippen LogP contribution in [0.1, 0.15) is 6.92 Å². The van der Waals surface area contributed by atoms with E-state index in [1.165, 1.54) is 6.92 Å². The van der Waals surface area contributed by atoms with Gasteiger partial charge in [-0.25, -0.2) is 4.79 Å². The molecule has 0 spiro atoms. The highest BCUT2D eigenvalue weighted by molar-refractivity contribution is 5.81. The van der Waals surface area contributed by atoms with Gasteiger partial charge in [0.2, 0.25) is 12.1 Å². The van der Waals surface area contributed by atoms with Gasteiger partial charge in [0.1, 0.15) is 0 Å². The molecule has 1 amide bonds. The summed E-state index contributed by atoms with van der Waals surface area (Å²) in [6.45, 7) is 1.19. The zero-order valence-electron chi connectivity index (χ0n) is 5.75. The van der Waals surface area contributed by atoms with Crippen molar-refractivity contribution in [1.29, 1.82) is 0 Å². The third-order valence-electron chi connectivity index (χ3n) is 0.764. The highest BCUT2D eigenvalue weighted by atomic mass is 16.5. The molecule has 0 bridgehead atoms. The van der Waals surface area contributed by atoms with Gasteiger partial charge in [-0.15, -0.1) is 0 Å². The van der Waals surface area contributed by atoms with Crippen LogP contribution in [0, 0.1) is 0 Å². The molecule has 10 heavy (non-hydrogen) atoms. The second kappa shape index (κ2) is 3.84. The maximum absolute atomic E-state index is 10.4. The lowest BCUT2D eigenvalue weighted by Gasteiger charge is -2.07. The number of amides is 1. The molecule has 0 saturated carbocycles. The molecule has 5 nitrogen and oxygen atoms in total. The lowest BCUT2D eigenvalue weighted by Crippen LogP contribution is -2.39. The Balaban J connectivity index is 3.72. The standard InChI is InChI=1S/C5H9NO4/c1-3(7)6-4(8)5(9)10-2/h4,8H,1-2H3,(H,6,7). The number of hydrogen-bond donors (Lipinski definition) is 2. The van der Waals surface area contributed by atoms with Crippen molar-refractivity contribution in [1.82, 2.24) is 5.32 Å². The summed E-state index contributed by atoms with van der Waals surface area (Å²) in [5, 5.41) is 10.6. The Hall–Kier alpha value is -1.10. The number of carbonyl (C=O) groups is 2. The number of aliphatic hydroxyl groups excluding tert-OH is 1. The highest BCUT2D eigenvalue weighted by Gasteiger charge is 2.14. The van der Waals surface area contributed by atoms with Gasteiger partial charge < -0.3 is 15.2 Å². The van der Waals surface area contributed by atoms with Gasteiger partial charge in [0.15, 0.2) is 0 Å². The topological polar surface area (TPSA) is 75.6 Å². The largest absolute Gasteiger partial charge is 0.466 e. The van der Waals surface area contributed by atoms with E-state index in [-0.39, 0.29) is 0 Å². The van der Waals surface area contributed by atoms with Gasteiger partial charge in [-0.3, -0.25) is 4.79 Å². The first kappa shape index (κ1) is 8.90. The Kier molecular flexibility index (Phi) is 3.42. The van der Waals surface area contributed by atoms with Crippen molar-refractivity contribution in [2.75, 3.05) is 7.11 Å². The van der Waals surface area contributed by atoms with E-state index in [9.17, 15) is 9.59 Å². The number of hydrogen-bond acceptors (Lipinski definition) is 4. The fourth-order valence-corrected chi connectivity index (χ4v) is 0.363. The van der Waals surface area contributed by atoms with Crippen molar-refractivity contribution in [3.8, 4) is 0 Å². The zero-order valence-corrected chi connectivity index (χ0v) is 5.75. The second-order valence-corrected chi connectivity index (χ2v) is 1.63. The summed E-state index contributed by atoms with van der Waals surface area (Å²) in [5.41, 5.74) is 0. The molecule has 0 aromatic heterocycles. The van der Waals surface area contributed by atoms with Crippen LogP contribution in [0.5, 0.6) is 0 Å². The minimum atomic E-state index is -1.55.